The molecule has 174 valence electrons. The standard InChI is InChI=1S/C22H18ClN5O3S3/c1-14-4-2-3-5-15(14)13-33-21-25-12-18(23)19(27-21)20(29)26-16-6-8-17(9-7-16)34(30,31)28-22-24-10-11-32-22/h2-12H,13H2,1H3,(H,24,28)(H,26,29). The van der Waals surface area contributed by atoms with Crippen molar-refractivity contribution < 1.29 is 13.2 Å². The van der Waals surface area contributed by atoms with Crippen molar-refractivity contribution in [2.45, 2.75) is 22.7 Å². The van der Waals surface area contributed by atoms with Crippen molar-refractivity contribution in [3.05, 3.63) is 88.1 Å². The van der Waals surface area contributed by atoms with Gasteiger partial charge in [-0.2, -0.15) is 0 Å². The van der Waals surface area contributed by atoms with Gasteiger partial charge in [-0.05, 0) is 42.3 Å². The Kier molecular flexibility index (Phi) is 7.47. The average molecular weight is 532 g/mol. The first-order valence-electron chi connectivity index (χ1n) is 9.85. The third kappa shape index (κ3) is 5.92. The second-order valence-electron chi connectivity index (χ2n) is 6.99. The van der Waals surface area contributed by atoms with Gasteiger partial charge < -0.3 is 5.32 Å². The molecule has 2 aromatic carbocycles. The number of rotatable bonds is 8. The lowest BCUT2D eigenvalue weighted by molar-refractivity contribution is 0.102. The number of anilines is 2. The number of nitrogens with one attached hydrogen (secondary N) is 2. The molecule has 0 saturated heterocycles. The van der Waals surface area contributed by atoms with Crippen LogP contribution < -0.4 is 10.0 Å². The molecule has 1 amide bonds. The normalized spacial score (nSPS) is 11.2. The Morgan fingerprint density at radius 1 is 1.12 bits per heavy atom. The van der Waals surface area contributed by atoms with E-state index in [0.29, 0.717) is 16.6 Å². The summed E-state index contributed by atoms with van der Waals surface area (Å²) in [5.41, 5.74) is 2.73. The van der Waals surface area contributed by atoms with Crippen molar-refractivity contribution in [2.24, 2.45) is 0 Å². The Morgan fingerprint density at radius 2 is 1.88 bits per heavy atom. The fraction of sp³-hybridized carbons (Fsp3) is 0.0909. The highest BCUT2D eigenvalue weighted by molar-refractivity contribution is 7.98. The average Bonchev–Trinajstić information content (AvgIpc) is 3.32. The molecule has 0 aliphatic heterocycles. The Morgan fingerprint density at radius 3 is 2.59 bits per heavy atom. The monoisotopic (exact) mass is 531 g/mol. The summed E-state index contributed by atoms with van der Waals surface area (Å²) in [7, 11) is -3.78. The molecule has 0 aliphatic carbocycles. The van der Waals surface area contributed by atoms with E-state index >= 15 is 0 Å². The van der Waals surface area contributed by atoms with E-state index in [0.717, 1.165) is 11.1 Å². The second kappa shape index (κ2) is 10.5. The fourth-order valence-corrected chi connectivity index (χ4v) is 5.71. The summed E-state index contributed by atoms with van der Waals surface area (Å²) in [6, 6.07) is 13.7. The van der Waals surface area contributed by atoms with Crippen LogP contribution in [0.1, 0.15) is 21.6 Å². The Hall–Kier alpha value is -2.99. The van der Waals surface area contributed by atoms with E-state index in [9.17, 15) is 13.2 Å². The van der Waals surface area contributed by atoms with Crippen LogP contribution in [0, 0.1) is 6.92 Å². The summed E-state index contributed by atoms with van der Waals surface area (Å²) >= 11 is 8.74. The molecule has 0 atom stereocenters. The highest BCUT2D eigenvalue weighted by Crippen LogP contribution is 2.24. The van der Waals surface area contributed by atoms with Gasteiger partial charge in [-0.25, -0.2) is 23.4 Å². The van der Waals surface area contributed by atoms with Crippen molar-refractivity contribution in [1.29, 1.82) is 0 Å². The topological polar surface area (TPSA) is 114 Å². The molecular weight excluding hydrogens is 514 g/mol. The summed E-state index contributed by atoms with van der Waals surface area (Å²) < 4.78 is 27.3. The minimum absolute atomic E-state index is 0.0334. The lowest BCUT2D eigenvalue weighted by Gasteiger charge is -2.09. The number of thioether (sulfide) groups is 1. The molecule has 2 heterocycles. The molecule has 0 unspecified atom stereocenters. The maximum absolute atomic E-state index is 12.8. The maximum Gasteiger partial charge on any atom is 0.275 e. The van der Waals surface area contributed by atoms with Gasteiger partial charge in [0.15, 0.2) is 16.0 Å². The second-order valence-corrected chi connectivity index (χ2v) is 10.9. The number of amides is 1. The van der Waals surface area contributed by atoms with Crippen molar-refractivity contribution in [3.8, 4) is 0 Å². The molecule has 4 rings (SSSR count). The molecule has 0 aliphatic rings. The van der Waals surface area contributed by atoms with Crippen LogP contribution in [0.15, 0.2) is 76.4 Å². The molecule has 8 nitrogen and oxygen atoms in total. The highest BCUT2D eigenvalue weighted by Gasteiger charge is 2.18. The SMILES string of the molecule is Cc1ccccc1CSc1ncc(Cl)c(C(=O)Nc2ccc(S(=O)(=O)Nc3nccs3)cc2)n1. The predicted octanol–water partition coefficient (Wildman–Crippen LogP) is 5.24. The van der Waals surface area contributed by atoms with E-state index in [2.05, 4.69) is 25.0 Å². The zero-order chi connectivity index (χ0) is 24.1. The number of aryl methyl sites for hydroxylation is 1. The van der Waals surface area contributed by atoms with Gasteiger partial charge in [-0.1, -0.05) is 47.6 Å². The lowest BCUT2D eigenvalue weighted by atomic mass is 10.1. The minimum atomic E-state index is -3.78. The quantitative estimate of drug-likeness (QED) is 0.236. The number of hydrogen-bond acceptors (Lipinski definition) is 8. The van der Waals surface area contributed by atoms with Gasteiger partial charge in [0.05, 0.1) is 16.1 Å². The van der Waals surface area contributed by atoms with Crippen molar-refractivity contribution >= 4 is 61.4 Å². The molecular formula is C22H18ClN5O3S3. The molecule has 12 heteroatoms. The molecule has 0 radical (unpaired) electrons. The number of thiazole rings is 1. The maximum atomic E-state index is 12.8. The highest BCUT2D eigenvalue weighted by atomic mass is 35.5. The van der Waals surface area contributed by atoms with Gasteiger partial charge in [0.2, 0.25) is 0 Å². The lowest BCUT2D eigenvalue weighted by Crippen LogP contribution is -2.16. The van der Waals surface area contributed by atoms with E-state index in [1.165, 1.54) is 59.8 Å². The summed E-state index contributed by atoms with van der Waals surface area (Å²) in [6.45, 7) is 2.03. The molecule has 0 bridgehead atoms. The van der Waals surface area contributed by atoms with E-state index in [-0.39, 0.29) is 20.7 Å². The van der Waals surface area contributed by atoms with Gasteiger partial charge >= 0.3 is 0 Å². The van der Waals surface area contributed by atoms with Crippen LogP contribution in [0.2, 0.25) is 5.02 Å². The number of benzene rings is 2. The molecule has 0 fully saturated rings. The number of halogens is 1. The summed E-state index contributed by atoms with van der Waals surface area (Å²) in [4.78, 5) is 25.2. The number of aromatic nitrogens is 3. The summed E-state index contributed by atoms with van der Waals surface area (Å²) in [6.07, 6.45) is 2.90. The molecule has 4 aromatic rings. The first-order valence-corrected chi connectivity index (χ1v) is 13.6. The first kappa shape index (κ1) is 24.1. The van der Waals surface area contributed by atoms with E-state index in [1.54, 1.807) is 5.38 Å². The zero-order valence-electron chi connectivity index (χ0n) is 17.7. The van der Waals surface area contributed by atoms with Gasteiger partial charge in [0.25, 0.3) is 15.9 Å². The molecule has 2 aromatic heterocycles. The first-order chi connectivity index (χ1) is 16.3. The Labute approximate surface area is 209 Å². The number of nitrogens with zero attached hydrogens (tertiary/aromatic N) is 3. The third-order valence-corrected chi connectivity index (χ3v) is 7.99. The van der Waals surface area contributed by atoms with E-state index < -0.39 is 15.9 Å². The largest absolute Gasteiger partial charge is 0.321 e. The van der Waals surface area contributed by atoms with Crippen molar-refractivity contribution in [3.63, 3.8) is 0 Å². The van der Waals surface area contributed by atoms with Crippen LogP contribution in [0.3, 0.4) is 0 Å². The smallest absolute Gasteiger partial charge is 0.275 e. The summed E-state index contributed by atoms with van der Waals surface area (Å²) in [5.74, 6) is 0.127. The van der Waals surface area contributed by atoms with Crippen LogP contribution in [-0.2, 0) is 15.8 Å². The number of hydrogen-bond donors (Lipinski definition) is 2. The van der Waals surface area contributed by atoms with Crippen LogP contribution in [0.4, 0.5) is 10.8 Å². The van der Waals surface area contributed by atoms with Gasteiger partial charge in [-0.15, -0.1) is 11.3 Å². The van der Waals surface area contributed by atoms with Crippen molar-refractivity contribution in [2.75, 3.05) is 10.0 Å². The molecule has 34 heavy (non-hydrogen) atoms. The van der Waals surface area contributed by atoms with E-state index in [1.807, 2.05) is 31.2 Å². The summed E-state index contributed by atoms with van der Waals surface area (Å²) in [5, 5.41) is 5.16. The van der Waals surface area contributed by atoms with Gasteiger partial charge in [0, 0.05) is 23.0 Å². The zero-order valence-corrected chi connectivity index (χ0v) is 20.9. The Balaban J connectivity index is 1.44. The molecule has 0 spiro atoms. The Bertz CT molecular complexity index is 1410. The molecule has 2 N–H and O–H groups in total. The molecule has 0 saturated carbocycles. The van der Waals surface area contributed by atoms with Gasteiger partial charge in [0.1, 0.15) is 0 Å². The number of carbonyl (C=O) groups is 1. The minimum Gasteiger partial charge on any atom is -0.321 e. The van der Waals surface area contributed by atoms with Crippen LogP contribution in [-0.4, -0.2) is 29.3 Å². The van der Waals surface area contributed by atoms with Crippen LogP contribution in [0.25, 0.3) is 0 Å². The predicted molar refractivity (Wildman–Crippen MR) is 135 cm³/mol. The number of sulfonamides is 1. The third-order valence-electron chi connectivity index (χ3n) is 4.63. The van der Waals surface area contributed by atoms with Gasteiger partial charge in [-0.3, -0.25) is 9.52 Å². The van der Waals surface area contributed by atoms with Crippen LogP contribution >= 0.6 is 34.7 Å². The van der Waals surface area contributed by atoms with Crippen molar-refractivity contribution in [1.82, 2.24) is 15.0 Å². The fourth-order valence-electron chi connectivity index (χ4n) is 2.85. The van der Waals surface area contributed by atoms with E-state index in [4.69, 9.17) is 11.6 Å². The number of carbonyl (C=O) groups excluding carboxylic acids is 1. The van der Waals surface area contributed by atoms with Crippen LogP contribution in [0.5, 0.6) is 0 Å².